The fourth-order valence-corrected chi connectivity index (χ4v) is 2.82. The van der Waals surface area contributed by atoms with Gasteiger partial charge in [-0.1, -0.05) is 12.1 Å². The molecule has 0 saturated carbocycles. The first-order valence-corrected chi connectivity index (χ1v) is 9.99. The number of amides is 1. The molecule has 0 heterocycles. The Morgan fingerprint density at radius 1 is 1.03 bits per heavy atom. The third-order valence-corrected chi connectivity index (χ3v) is 4.47. The Hall–Kier alpha value is -4.31. The first kappa shape index (κ1) is 22.4. The summed E-state index contributed by atoms with van der Waals surface area (Å²) in [5, 5.41) is 12.9. The summed E-state index contributed by atoms with van der Waals surface area (Å²) in [7, 11) is 1.55. The molecule has 0 saturated heterocycles. The van der Waals surface area contributed by atoms with Gasteiger partial charge in [0.2, 0.25) is 0 Å². The molecule has 3 aromatic rings. The minimum atomic E-state index is -0.321. The molecule has 0 unspecified atom stereocenters. The van der Waals surface area contributed by atoms with Crippen molar-refractivity contribution in [3.63, 3.8) is 0 Å². The maximum Gasteiger partial charge on any atom is 0.271 e. The number of nitrogens with zero attached hydrogens (tertiary/aromatic N) is 2. The molecule has 7 nitrogen and oxygen atoms in total. The van der Waals surface area contributed by atoms with E-state index in [1.807, 2.05) is 25.1 Å². The summed E-state index contributed by atoms with van der Waals surface area (Å²) in [5.41, 5.74) is 5.26. The molecule has 3 aromatic carbocycles. The van der Waals surface area contributed by atoms with Gasteiger partial charge >= 0.3 is 0 Å². The van der Waals surface area contributed by atoms with Crippen molar-refractivity contribution in [1.29, 1.82) is 5.26 Å². The zero-order valence-corrected chi connectivity index (χ0v) is 17.9. The van der Waals surface area contributed by atoms with Crippen LogP contribution in [0.2, 0.25) is 0 Å². The molecular formula is C25H23N3O4. The highest BCUT2D eigenvalue weighted by Gasteiger charge is 2.07. The third kappa shape index (κ3) is 6.09. The van der Waals surface area contributed by atoms with Crippen LogP contribution in [0.15, 0.2) is 71.8 Å². The van der Waals surface area contributed by atoms with Crippen molar-refractivity contribution >= 4 is 12.1 Å². The largest absolute Gasteiger partial charge is 0.494 e. The Balaban J connectivity index is 1.58. The second kappa shape index (κ2) is 11.2. The zero-order valence-electron chi connectivity index (χ0n) is 17.9. The van der Waals surface area contributed by atoms with E-state index in [4.69, 9.17) is 19.5 Å². The Kier molecular flexibility index (Phi) is 7.82. The molecule has 3 rings (SSSR count). The number of benzene rings is 3. The van der Waals surface area contributed by atoms with Gasteiger partial charge in [0.25, 0.3) is 5.91 Å². The minimum absolute atomic E-state index is 0.321. The lowest BCUT2D eigenvalue weighted by atomic mass is 10.1. The van der Waals surface area contributed by atoms with Crippen LogP contribution in [-0.2, 0) is 6.61 Å². The number of hydrogen-bond acceptors (Lipinski definition) is 6. The number of hydrogen-bond donors (Lipinski definition) is 1. The van der Waals surface area contributed by atoms with E-state index in [2.05, 4.69) is 16.6 Å². The molecule has 0 fully saturated rings. The second-order valence-electron chi connectivity index (χ2n) is 6.66. The topological polar surface area (TPSA) is 92.9 Å². The van der Waals surface area contributed by atoms with E-state index < -0.39 is 0 Å². The Morgan fingerprint density at radius 3 is 2.44 bits per heavy atom. The van der Waals surface area contributed by atoms with Crippen molar-refractivity contribution in [3.05, 3.63) is 89.0 Å². The smallest absolute Gasteiger partial charge is 0.271 e. The van der Waals surface area contributed by atoms with Crippen LogP contribution in [-0.4, -0.2) is 25.8 Å². The van der Waals surface area contributed by atoms with Gasteiger partial charge in [-0.25, -0.2) is 5.43 Å². The molecule has 0 radical (unpaired) electrons. The minimum Gasteiger partial charge on any atom is -0.494 e. The quantitative estimate of drug-likeness (QED) is 0.404. The molecule has 0 bridgehead atoms. The van der Waals surface area contributed by atoms with E-state index in [1.165, 1.54) is 6.21 Å². The molecule has 0 spiro atoms. The van der Waals surface area contributed by atoms with Crippen LogP contribution < -0.4 is 19.6 Å². The predicted molar refractivity (Wildman–Crippen MR) is 121 cm³/mol. The molecule has 162 valence electrons. The molecule has 0 aliphatic heterocycles. The lowest BCUT2D eigenvalue weighted by Gasteiger charge is -2.11. The molecule has 1 N–H and O–H groups in total. The van der Waals surface area contributed by atoms with Gasteiger partial charge in [0.15, 0.2) is 11.5 Å². The second-order valence-corrected chi connectivity index (χ2v) is 6.66. The monoisotopic (exact) mass is 429 g/mol. The van der Waals surface area contributed by atoms with Gasteiger partial charge in [-0.05, 0) is 72.6 Å². The maximum absolute atomic E-state index is 12.2. The summed E-state index contributed by atoms with van der Waals surface area (Å²) in [6, 6.07) is 21.5. The number of carbonyl (C=O) groups excluding carboxylic acids is 1. The lowest BCUT2D eigenvalue weighted by molar-refractivity contribution is 0.0955. The molecular weight excluding hydrogens is 406 g/mol. The summed E-state index contributed by atoms with van der Waals surface area (Å²) in [6.45, 7) is 2.81. The first-order chi connectivity index (χ1) is 15.6. The highest BCUT2D eigenvalue weighted by molar-refractivity contribution is 5.95. The fourth-order valence-electron chi connectivity index (χ4n) is 2.82. The van der Waals surface area contributed by atoms with Crippen LogP contribution in [0.25, 0.3) is 0 Å². The molecule has 1 amide bonds. The van der Waals surface area contributed by atoms with E-state index in [1.54, 1.807) is 55.6 Å². The maximum atomic E-state index is 12.2. The van der Waals surface area contributed by atoms with Crippen molar-refractivity contribution in [2.75, 3.05) is 13.7 Å². The summed E-state index contributed by atoms with van der Waals surface area (Å²) >= 11 is 0. The Labute approximate surface area is 186 Å². The number of methoxy groups -OCH3 is 1. The highest BCUT2D eigenvalue weighted by atomic mass is 16.5. The van der Waals surface area contributed by atoms with E-state index in [-0.39, 0.29) is 5.91 Å². The average molecular weight is 429 g/mol. The number of rotatable bonds is 9. The number of hydrazone groups is 1. The summed E-state index contributed by atoms with van der Waals surface area (Å²) < 4.78 is 16.6. The van der Waals surface area contributed by atoms with Crippen molar-refractivity contribution in [2.45, 2.75) is 13.5 Å². The molecule has 32 heavy (non-hydrogen) atoms. The summed E-state index contributed by atoms with van der Waals surface area (Å²) in [4.78, 5) is 12.2. The third-order valence-electron chi connectivity index (χ3n) is 4.47. The molecule has 0 aromatic heterocycles. The van der Waals surface area contributed by atoms with Crippen molar-refractivity contribution in [3.8, 4) is 23.3 Å². The van der Waals surface area contributed by atoms with Gasteiger partial charge in [-0.3, -0.25) is 4.79 Å². The van der Waals surface area contributed by atoms with Gasteiger partial charge in [-0.15, -0.1) is 0 Å². The van der Waals surface area contributed by atoms with E-state index in [9.17, 15) is 4.79 Å². The van der Waals surface area contributed by atoms with E-state index >= 15 is 0 Å². The molecule has 0 aliphatic carbocycles. The number of carbonyl (C=O) groups is 1. The standard InChI is InChI=1S/C25H23N3O4/c1-3-31-22-11-9-21(10-12-22)25(29)28-27-16-20-8-13-23(24(14-20)30-2)32-17-19-6-4-18(15-26)5-7-19/h4-14,16H,3,17H2,1-2H3,(H,28,29)/b27-16-. The van der Waals surface area contributed by atoms with Crippen LogP contribution in [0.1, 0.15) is 34.0 Å². The van der Waals surface area contributed by atoms with Gasteiger partial charge in [0.1, 0.15) is 12.4 Å². The Morgan fingerprint density at radius 2 is 1.78 bits per heavy atom. The number of ether oxygens (including phenoxy) is 3. The van der Waals surface area contributed by atoms with Crippen LogP contribution in [0.3, 0.4) is 0 Å². The summed E-state index contributed by atoms with van der Waals surface area (Å²) in [5.74, 6) is 1.51. The molecule has 7 heteroatoms. The van der Waals surface area contributed by atoms with Crippen LogP contribution in [0.4, 0.5) is 0 Å². The van der Waals surface area contributed by atoms with Crippen molar-refractivity contribution in [2.24, 2.45) is 5.10 Å². The average Bonchev–Trinajstić information content (AvgIpc) is 2.84. The van der Waals surface area contributed by atoms with Gasteiger partial charge in [0, 0.05) is 5.56 Å². The fraction of sp³-hybridized carbons (Fsp3) is 0.160. The van der Waals surface area contributed by atoms with Crippen LogP contribution in [0, 0.1) is 11.3 Å². The predicted octanol–water partition coefficient (Wildman–Crippen LogP) is 4.31. The van der Waals surface area contributed by atoms with Crippen molar-refractivity contribution < 1.29 is 19.0 Å². The van der Waals surface area contributed by atoms with E-state index in [0.717, 1.165) is 11.1 Å². The SMILES string of the molecule is CCOc1ccc(C(=O)N/N=C\c2ccc(OCc3ccc(C#N)cc3)c(OC)c2)cc1. The van der Waals surface area contributed by atoms with Gasteiger partial charge in [-0.2, -0.15) is 10.4 Å². The van der Waals surface area contributed by atoms with Gasteiger partial charge in [0.05, 0.1) is 31.6 Å². The van der Waals surface area contributed by atoms with Gasteiger partial charge < -0.3 is 14.2 Å². The molecule has 0 aliphatic rings. The van der Waals surface area contributed by atoms with E-state index in [0.29, 0.717) is 41.6 Å². The van der Waals surface area contributed by atoms with Crippen molar-refractivity contribution in [1.82, 2.24) is 5.43 Å². The Bertz CT molecular complexity index is 1120. The number of nitrogens with one attached hydrogen (secondary N) is 1. The lowest BCUT2D eigenvalue weighted by Crippen LogP contribution is -2.17. The first-order valence-electron chi connectivity index (χ1n) is 9.99. The molecule has 0 atom stereocenters. The summed E-state index contributed by atoms with van der Waals surface area (Å²) in [6.07, 6.45) is 1.53. The van der Waals surface area contributed by atoms with Crippen LogP contribution >= 0.6 is 0 Å². The zero-order chi connectivity index (χ0) is 22.8. The van der Waals surface area contributed by atoms with Crippen LogP contribution in [0.5, 0.6) is 17.2 Å². The number of nitriles is 1. The normalized spacial score (nSPS) is 10.4. The highest BCUT2D eigenvalue weighted by Crippen LogP contribution is 2.28.